The molecule has 0 N–H and O–H groups in total. The first-order valence-electron chi connectivity index (χ1n) is 5.35. The van der Waals surface area contributed by atoms with E-state index in [0.717, 1.165) is 37.3 Å². The molecule has 1 fully saturated rings. The molecular weight excluding hydrogens is 258 g/mol. The summed E-state index contributed by atoms with van der Waals surface area (Å²) >= 11 is 3.31. The summed E-state index contributed by atoms with van der Waals surface area (Å²) in [6, 6.07) is 2.02. The highest BCUT2D eigenvalue weighted by atomic mass is 79.9. The summed E-state index contributed by atoms with van der Waals surface area (Å²) in [4.78, 5) is 2.41. The Morgan fingerprint density at radius 3 is 3.13 bits per heavy atom. The van der Waals surface area contributed by atoms with Gasteiger partial charge >= 0.3 is 0 Å². The average Bonchev–Trinajstić information content (AvgIpc) is 2.64. The molecule has 1 aliphatic heterocycles. The zero-order chi connectivity index (χ0) is 10.7. The Labute approximate surface area is 98.5 Å². The third kappa shape index (κ3) is 3.06. The van der Waals surface area contributed by atoms with E-state index in [0.29, 0.717) is 6.10 Å². The molecule has 0 bridgehead atoms. The normalized spacial score (nSPS) is 23.2. The molecule has 1 aliphatic rings. The quantitative estimate of drug-likeness (QED) is 0.847. The molecule has 3 nitrogen and oxygen atoms in total. The standard InChI is InChI=1S/C11H16BrNO2/c1-2-10-7-13(3-4-14-10)6-9-5-11(12)15-8-9/h5,8,10H,2-4,6-7H2,1H3. The lowest BCUT2D eigenvalue weighted by molar-refractivity contribution is -0.0325. The third-order valence-electron chi connectivity index (χ3n) is 2.71. The Kier molecular flexibility index (Phi) is 3.83. The van der Waals surface area contributed by atoms with Crippen LogP contribution < -0.4 is 0 Å². The van der Waals surface area contributed by atoms with E-state index in [1.54, 1.807) is 6.26 Å². The molecule has 1 aromatic heterocycles. The second kappa shape index (κ2) is 5.14. The topological polar surface area (TPSA) is 25.6 Å². The molecule has 0 saturated carbocycles. The first-order valence-corrected chi connectivity index (χ1v) is 6.14. The van der Waals surface area contributed by atoms with Crippen LogP contribution in [0.1, 0.15) is 18.9 Å². The molecular formula is C11H16BrNO2. The Morgan fingerprint density at radius 2 is 2.47 bits per heavy atom. The van der Waals surface area contributed by atoms with Crippen molar-refractivity contribution in [2.45, 2.75) is 26.0 Å². The first kappa shape index (κ1) is 11.2. The second-order valence-electron chi connectivity index (χ2n) is 3.90. The smallest absolute Gasteiger partial charge is 0.169 e. The third-order valence-corrected chi connectivity index (χ3v) is 3.12. The van der Waals surface area contributed by atoms with Crippen molar-refractivity contribution in [3.8, 4) is 0 Å². The van der Waals surface area contributed by atoms with Gasteiger partial charge in [-0.3, -0.25) is 4.90 Å². The summed E-state index contributed by atoms with van der Waals surface area (Å²) in [5.41, 5.74) is 1.22. The Morgan fingerprint density at radius 1 is 1.60 bits per heavy atom. The largest absolute Gasteiger partial charge is 0.457 e. The second-order valence-corrected chi connectivity index (χ2v) is 4.68. The van der Waals surface area contributed by atoms with Crippen LogP contribution in [0.5, 0.6) is 0 Å². The number of hydrogen-bond donors (Lipinski definition) is 0. The number of halogens is 1. The summed E-state index contributed by atoms with van der Waals surface area (Å²) in [5, 5.41) is 0. The fraction of sp³-hybridized carbons (Fsp3) is 0.636. The molecule has 2 heterocycles. The van der Waals surface area contributed by atoms with Crippen LogP contribution in [0, 0.1) is 0 Å². The van der Waals surface area contributed by atoms with E-state index in [2.05, 4.69) is 27.8 Å². The van der Waals surface area contributed by atoms with E-state index >= 15 is 0 Å². The SMILES string of the molecule is CCC1CN(Cc2coc(Br)c2)CCO1. The Bertz CT molecular complexity index is 313. The molecule has 15 heavy (non-hydrogen) atoms. The molecule has 1 saturated heterocycles. The van der Waals surface area contributed by atoms with Crippen LogP contribution in [-0.2, 0) is 11.3 Å². The predicted octanol–water partition coefficient (Wildman–Crippen LogP) is 2.65. The number of ether oxygens (including phenoxy) is 1. The molecule has 1 atom stereocenters. The maximum absolute atomic E-state index is 5.63. The number of morpholine rings is 1. The highest BCUT2D eigenvalue weighted by Crippen LogP contribution is 2.17. The van der Waals surface area contributed by atoms with E-state index in [9.17, 15) is 0 Å². The number of furan rings is 1. The van der Waals surface area contributed by atoms with Gasteiger partial charge < -0.3 is 9.15 Å². The van der Waals surface area contributed by atoms with Crippen LogP contribution in [0.15, 0.2) is 21.4 Å². The summed E-state index contributed by atoms with van der Waals surface area (Å²) < 4.78 is 11.6. The lowest BCUT2D eigenvalue weighted by Crippen LogP contribution is -2.41. The Hall–Kier alpha value is -0.320. The van der Waals surface area contributed by atoms with Gasteiger partial charge in [0.15, 0.2) is 4.67 Å². The van der Waals surface area contributed by atoms with Gasteiger partial charge in [-0.05, 0) is 28.4 Å². The predicted molar refractivity (Wildman–Crippen MR) is 61.7 cm³/mol. The van der Waals surface area contributed by atoms with Gasteiger partial charge in [0.1, 0.15) is 0 Å². The minimum atomic E-state index is 0.397. The van der Waals surface area contributed by atoms with E-state index in [1.165, 1.54) is 5.56 Å². The van der Waals surface area contributed by atoms with Crippen LogP contribution in [0.2, 0.25) is 0 Å². The molecule has 4 heteroatoms. The molecule has 0 amide bonds. The van der Waals surface area contributed by atoms with Crippen LogP contribution in [0.4, 0.5) is 0 Å². The van der Waals surface area contributed by atoms with Gasteiger partial charge in [0.2, 0.25) is 0 Å². The highest BCUT2D eigenvalue weighted by molar-refractivity contribution is 9.10. The molecule has 0 aliphatic carbocycles. The van der Waals surface area contributed by atoms with Gasteiger partial charge in [-0.25, -0.2) is 0 Å². The van der Waals surface area contributed by atoms with E-state index in [1.807, 2.05) is 6.07 Å². The van der Waals surface area contributed by atoms with Crippen molar-refractivity contribution in [2.24, 2.45) is 0 Å². The fourth-order valence-corrected chi connectivity index (χ4v) is 2.25. The number of rotatable bonds is 3. The molecule has 0 radical (unpaired) electrons. The van der Waals surface area contributed by atoms with Crippen LogP contribution in [0.3, 0.4) is 0 Å². The van der Waals surface area contributed by atoms with Gasteiger partial charge in [-0.2, -0.15) is 0 Å². The van der Waals surface area contributed by atoms with Gasteiger partial charge in [0.05, 0.1) is 19.0 Å². The van der Waals surface area contributed by atoms with Crippen molar-refractivity contribution >= 4 is 15.9 Å². The van der Waals surface area contributed by atoms with Crippen LogP contribution in [0.25, 0.3) is 0 Å². The number of nitrogens with zero attached hydrogens (tertiary/aromatic N) is 1. The lowest BCUT2D eigenvalue weighted by Gasteiger charge is -2.32. The lowest BCUT2D eigenvalue weighted by atomic mass is 10.2. The average molecular weight is 274 g/mol. The van der Waals surface area contributed by atoms with Crippen molar-refractivity contribution in [3.63, 3.8) is 0 Å². The first-order chi connectivity index (χ1) is 7.28. The van der Waals surface area contributed by atoms with Crippen molar-refractivity contribution < 1.29 is 9.15 Å². The summed E-state index contributed by atoms with van der Waals surface area (Å²) in [7, 11) is 0. The van der Waals surface area contributed by atoms with E-state index in [4.69, 9.17) is 9.15 Å². The minimum absolute atomic E-state index is 0.397. The van der Waals surface area contributed by atoms with Crippen molar-refractivity contribution in [2.75, 3.05) is 19.7 Å². The molecule has 84 valence electrons. The van der Waals surface area contributed by atoms with Gasteiger partial charge in [0, 0.05) is 25.2 Å². The molecule has 0 aromatic carbocycles. The van der Waals surface area contributed by atoms with Gasteiger partial charge in [0.25, 0.3) is 0 Å². The van der Waals surface area contributed by atoms with Gasteiger partial charge in [-0.1, -0.05) is 6.92 Å². The monoisotopic (exact) mass is 273 g/mol. The molecule has 1 aromatic rings. The van der Waals surface area contributed by atoms with Crippen molar-refractivity contribution in [3.05, 3.63) is 22.6 Å². The van der Waals surface area contributed by atoms with Crippen molar-refractivity contribution in [1.29, 1.82) is 0 Å². The number of hydrogen-bond acceptors (Lipinski definition) is 3. The zero-order valence-corrected chi connectivity index (χ0v) is 10.5. The van der Waals surface area contributed by atoms with E-state index in [-0.39, 0.29) is 0 Å². The molecule has 0 spiro atoms. The summed E-state index contributed by atoms with van der Waals surface area (Å²) in [6.07, 6.45) is 3.29. The highest BCUT2D eigenvalue weighted by Gasteiger charge is 2.19. The summed E-state index contributed by atoms with van der Waals surface area (Å²) in [5.74, 6) is 0. The molecule has 2 rings (SSSR count). The zero-order valence-electron chi connectivity index (χ0n) is 8.91. The van der Waals surface area contributed by atoms with Crippen LogP contribution in [-0.4, -0.2) is 30.7 Å². The molecule has 1 unspecified atom stereocenters. The minimum Gasteiger partial charge on any atom is -0.457 e. The van der Waals surface area contributed by atoms with Gasteiger partial charge in [-0.15, -0.1) is 0 Å². The van der Waals surface area contributed by atoms with E-state index < -0.39 is 0 Å². The maximum Gasteiger partial charge on any atom is 0.169 e. The van der Waals surface area contributed by atoms with Crippen LogP contribution >= 0.6 is 15.9 Å². The van der Waals surface area contributed by atoms with Crippen molar-refractivity contribution in [1.82, 2.24) is 4.90 Å². The fourth-order valence-electron chi connectivity index (χ4n) is 1.86. The Balaban J connectivity index is 1.88. The maximum atomic E-state index is 5.63. The summed E-state index contributed by atoms with van der Waals surface area (Å²) in [6.45, 7) is 6.01.